The van der Waals surface area contributed by atoms with E-state index in [0.717, 1.165) is 15.7 Å². The van der Waals surface area contributed by atoms with Gasteiger partial charge in [0.2, 0.25) is 0 Å². The molecule has 0 saturated carbocycles. The number of nitrogens with one attached hydrogen (secondary N) is 1. The van der Waals surface area contributed by atoms with Crippen LogP contribution in [0.1, 0.15) is 16.1 Å². The Balaban J connectivity index is 1.40. The zero-order valence-corrected chi connectivity index (χ0v) is 16.7. The van der Waals surface area contributed by atoms with Gasteiger partial charge >= 0.3 is 0 Å². The lowest BCUT2D eigenvalue weighted by molar-refractivity contribution is 0.0955. The molecular formula is C22H16ClN3O2S. The third-order valence-electron chi connectivity index (χ3n) is 4.02. The van der Waals surface area contributed by atoms with Crippen LogP contribution >= 0.6 is 23.4 Å². The number of nitrogens with zero attached hydrogens (tertiary/aromatic N) is 2. The largest absolute Gasteiger partial charge is 0.448 e. The maximum absolute atomic E-state index is 12.5. The second kappa shape index (κ2) is 8.86. The number of carbonyl (C=O) groups is 1. The summed E-state index contributed by atoms with van der Waals surface area (Å²) in [5.41, 5.74) is 3.86. The first-order chi connectivity index (χ1) is 14.2. The predicted octanol–water partition coefficient (Wildman–Crippen LogP) is 5.64. The smallest absolute Gasteiger partial charge is 0.273 e. The average Bonchev–Trinajstić information content (AvgIpc) is 3.42. The first kappa shape index (κ1) is 19.1. The molecule has 29 heavy (non-hydrogen) atoms. The Kier molecular flexibility index (Phi) is 5.84. The van der Waals surface area contributed by atoms with E-state index in [0.29, 0.717) is 16.3 Å². The highest BCUT2D eigenvalue weighted by Gasteiger charge is 2.11. The van der Waals surface area contributed by atoms with Gasteiger partial charge in [0.05, 0.1) is 17.5 Å². The standard InChI is InChI=1S/C22H16ClN3O2S/c23-16-7-10-18(11-8-16)29-21-12-9-17(28-21)15-24-25-22(27)19-5-1-2-6-20(19)26-13-3-4-14-26/h1-15H,(H,25,27)/b24-15+. The number of furan rings is 1. The van der Waals surface area contributed by atoms with Crippen molar-refractivity contribution in [2.45, 2.75) is 9.99 Å². The molecule has 5 nitrogen and oxygen atoms in total. The second-order valence-electron chi connectivity index (χ2n) is 6.02. The zero-order chi connectivity index (χ0) is 20.1. The Morgan fingerprint density at radius 1 is 1.00 bits per heavy atom. The number of halogens is 1. The molecule has 2 aromatic carbocycles. The van der Waals surface area contributed by atoms with Crippen LogP contribution in [0.4, 0.5) is 0 Å². The minimum absolute atomic E-state index is 0.298. The molecule has 1 amide bonds. The molecule has 0 fully saturated rings. The van der Waals surface area contributed by atoms with E-state index in [2.05, 4.69) is 10.5 Å². The van der Waals surface area contributed by atoms with Crippen LogP contribution in [0.2, 0.25) is 5.02 Å². The van der Waals surface area contributed by atoms with E-state index in [1.165, 1.54) is 18.0 Å². The van der Waals surface area contributed by atoms with Gasteiger partial charge in [0.25, 0.3) is 5.91 Å². The van der Waals surface area contributed by atoms with Crippen molar-refractivity contribution >= 4 is 35.5 Å². The minimum atomic E-state index is -0.298. The SMILES string of the molecule is O=C(N/N=C/c1ccc(Sc2ccc(Cl)cc2)o1)c1ccccc1-n1cccc1. The van der Waals surface area contributed by atoms with E-state index in [1.54, 1.807) is 12.1 Å². The maximum atomic E-state index is 12.5. The van der Waals surface area contributed by atoms with Crippen molar-refractivity contribution in [2.75, 3.05) is 0 Å². The summed E-state index contributed by atoms with van der Waals surface area (Å²) in [6, 6.07) is 22.3. The lowest BCUT2D eigenvalue weighted by atomic mass is 10.1. The van der Waals surface area contributed by atoms with E-state index >= 15 is 0 Å². The van der Waals surface area contributed by atoms with Gasteiger partial charge in [-0.3, -0.25) is 4.79 Å². The Labute approximate surface area is 177 Å². The summed E-state index contributed by atoms with van der Waals surface area (Å²) in [5.74, 6) is 0.244. The highest BCUT2D eigenvalue weighted by Crippen LogP contribution is 2.29. The molecule has 4 rings (SSSR count). The van der Waals surface area contributed by atoms with Crippen LogP contribution in [0.15, 0.2) is 105 Å². The molecule has 0 radical (unpaired) electrons. The fourth-order valence-electron chi connectivity index (χ4n) is 2.68. The van der Waals surface area contributed by atoms with Crippen molar-refractivity contribution in [3.8, 4) is 5.69 Å². The van der Waals surface area contributed by atoms with Gasteiger partial charge < -0.3 is 8.98 Å². The number of benzene rings is 2. The summed E-state index contributed by atoms with van der Waals surface area (Å²) in [5, 5.41) is 5.43. The van der Waals surface area contributed by atoms with Crippen LogP contribution in [0.3, 0.4) is 0 Å². The average molecular weight is 422 g/mol. The molecule has 4 aromatic rings. The van der Waals surface area contributed by atoms with E-state index in [-0.39, 0.29) is 5.91 Å². The number of hydrogen-bond donors (Lipinski definition) is 1. The third kappa shape index (κ3) is 4.80. The second-order valence-corrected chi connectivity index (χ2v) is 7.53. The van der Waals surface area contributed by atoms with Crippen molar-refractivity contribution in [1.29, 1.82) is 0 Å². The van der Waals surface area contributed by atoms with Gasteiger partial charge in [-0.2, -0.15) is 5.10 Å². The number of carbonyl (C=O) groups excluding carboxylic acids is 1. The molecule has 7 heteroatoms. The Bertz CT molecular complexity index is 1140. The van der Waals surface area contributed by atoms with E-state index in [9.17, 15) is 4.79 Å². The molecule has 0 bridgehead atoms. The van der Waals surface area contributed by atoms with Crippen molar-refractivity contribution in [3.05, 3.63) is 102 Å². The number of amides is 1. The van der Waals surface area contributed by atoms with E-state index < -0.39 is 0 Å². The summed E-state index contributed by atoms with van der Waals surface area (Å²) >= 11 is 7.38. The van der Waals surface area contributed by atoms with Crippen LogP contribution in [0.25, 0.3) is 5.69 Å². The molecule has 0 aliphatic rings. The summed E-state index contributed by atoms with van der Waals surface area (Å²) in [6.07, 6.45) is 5.25. The minimum Gasteiger partial charge on any atom is -0.448 e. The first-order valence-electron chi connectivity index (χ1n) is 8.78. The Morgan fingerprint density at radius 3 is 2.55 bits per heavy atom. The quantitative estimate of drug-likeness (QED) is 0.324. The Morgan fingerprint density at radius 2 is 1.76 bits per heavy atom. The van der Waals surface area contributed by atoms with E-state index in [1.807, 2.05) is 77.6 Å². The molecule has 1 N–H and O–H groups in total. The highest BCUT2D eigenvalue weighted by molar-refractivity contribution is 7.99. The fraction of sp³-hybridized carbons (Fsp3) is 0. The molecule has 2 aromatic heterocycles. The molecule has 0 aliphatic carbocycles. The van der Waals surface area contributed by atoms with Gasteiger partial charge in [-0.15, -0.1) is 0 Å². The maximum Gasteiger partial charge on any atom is 0.273 e. The molecule has 0 spiro atoms. The van der Waals surface area contributed by atoms with Gasteiger partial charge in [0.1, 0.15) is 5.76 Å². The number of aromatic nitrogens is 1. The molecule has 0 saturated heterocycles. The number of hydrogen-bond acceptors (Lipinski definition) is 4. The molecule has 0 atom stereocenters. The zero-order valence-electron chi connectivity index (χ0n) is 15.2. The number of para-hydroxylation sites is 1. The third-order valence-corrected chi connectivity index (χ3v) is 5.20. The molecule has 144 valence electrons. The monoisotopic (exact) mass is 421 g/mol. The molecule has 2 heterocycles. The summed E-state index contributed by atoms with van der Waals surface area (Å²) < 4.78 is 7.59. The van der Waals surface area contributed by atoms with Crippen LogP contribution in [0, 0.1) is 0 Å². The van der Waals surface area contributed by atoms with Crippen molar-refractivity contribution in [3.63, 3.8) is 0 Å². The van der Waals surface area contributed by atoms with Gasteiger partial charge in [-0.1, -0.05) is 35.5 Å². The number of hydrazone groups is 1. The lowest BCUT2D eigenvalue weighted by Crippen LogP contribution is -2.19. The van der Waals surface area contributed by atoms with Gasteiger partial charge in [-0.05, 0) is 60.7 Å². The van der Waals surface area contributed by atoms with Gasteiger partial charge in [0, 0.05) is 22.3 Å². The molecular weight excluding hydrogens is 406 g/mol. The van der Waals surface area contributed by atoms with Gasteiger partial charge in [0.15, 0.2) is 5.09 Å². The molecule has 0 aliphatic heterocycles. The van der Waals surface area contributed by atoms with Crippen molar-refractivity contribution < 1.29 is 9.21 Å². The first-order valence-corrected chi connectivity index (χ1v) is 9.97. The number of rotatable bonds is 6. The summed E-state index contributed by atoms with van der Waals surface area (Å²) in [6.45, 7) is 0. The highest BCUT2D eigenvalue weighted by atomic mass is 35.5. The summed E-state index contributed by atoms with van der Waals surface area (Å²) in [4.78, 5) is 13.6. The molecule has 0 unspecified atom stereocenters. The van der Waals surface area contributed by atoms with Crippen molar-refractivity contribution in [2.24, 2.45) is 5.10 Å². The van der Waals surface area contributed by atoms with E-state index in [4.69, 9.17) is 16.0 Å². The van der Waals surface area contributed by atoms with Crippen LogP contribution in [-0.4, -0.2) is 16.7 Å². The predicted molar refractivity (Wildman–Crippen MR) is 115 cm³/mol. The topological polar surface area (TPSA) is 59.5 Å². The Hall–Kier alpha value is -3.22. The van der Waals surface area contributed by atoms with Gasteiger partial charge in [-0.25, -0.2) is 5.43 Å². The van der Waals surface area contributed by atoms with Crippen LogP contribution < -0.4 is 5.43 Å². The normalized spacial score (nSPS) is 11.1. The fourth-order valence-corrected chi connectivity index (χ4v) is 3.58. The van der Waals surface area contributed by atoms with Crippen LogP contribution in [-0.2, 0) is 0 Å². The lowest BCUT2D eigenvalue weighted by Gasteiger charge is -2.08. The van der Waals surface area contributed by atoms with Crippen LogP contribution in [0.5, 0.6) is 0 Å². The summed E-state index contributed by atoms with van der Waals surface area (Å²) in [7, 11) is 0. The van der Waals surface area contributed by atoms with Crippen molar-refractivity contribution in [1.82, 2.24) is 9.99 Å².